The van der Waals surface area contributed by atoms with E-state index in [1.165, 1.54) is 31.4 Å². The Bertz CT molecular complexity index is 2070. The first-order chi connectivity index (χ1) is 22.5. The van der Waals surface area contributed by atoms with Crippen LogP contribution in [-0.2, 0) is 15.8 Å². The van der Waals surface area contributed by atoms with Gasteiger partial charge in [-0.2, -0.15) is 5.10 Å². The van der Waals surface area contributed by atoms with Crippen LogP contribution in [0.4, 0.5) is 4.39 Å². The normalized spacial score (nSPS) is 18.3. The third-order valence-electron chi connectivity index (χ3n) is 8.99. The van der Waals surface area contributed by atoms with Gasteiger partial charge in [0.1, 0.15) is 34.9 Å². The van der Waals surface area contributed by atoms with Crippen LogP contribution in [-0.4, -0.2) is 51.8 Å². The summed E-state index contributed by atoms with van der Waals surface area (Å²) in [7, 11) is 1.51. The lowest BCUT2D eigenvalue weighted by Crippen LogP contribution is -2.43. The molecule has 2 amide bonds. The van der Waals surface area contributed by atoms with Crippen molar-refractivity contribution >= 4 is 28.9 Å². The van der Waals surface area contributed by atoms with Gasteiger partial charge in [0.25, 0.3) is 5.91 Å². The van der Waals surface area contributed by atoms with Gasteiger partial charge in [-0.15, -0.1) is 0 Å². The molecule has 0 radical (unpaired) electrons. The van der Waals surface area contributed by atoms with Crippen molar-refractivity contribution in [2.24, 2.45) is 5.73 Å². The average molecular weight is 656 g/mol. The van der Waals surface area contributed by atoms with Gasteiger partial charge in [0, 0.05) is 33.7 Å². The molecular formula is C35H31ClFN5O5. The lowest BCUT2D eigenvalue weighted by molar-refractivity contribution is -0.123. The van der Waals surface area contributed by atoms with Gasteiger partial charge in [-0.25, -0.2) is 13.9 Å². The first-order valence-corrected chi connectivity index (χ1v) is 15.5. The van der Waals surface area contributed by atoms with Gasteiger partial charge in [0.2, 0.25) is 11.8 Å². The van der Waals surface area contributed by atoms with Gasteiger partial charge in [-0.1, -0.05) is 41.9 Å². The van der Waals surface area contributed by atoms with Crippen LogP contribution >= 0.6 is 11.6 Å². The van der Waals surface area contributed by atoms with Gasteiger partial charge >= 0.3 is 0 Å². The van der Waals surface area contributed by atoms with Crippen molar-refractivity contribution < 1.29 is 28.6 Å². The van der Waals surface area contributed by atoms with Crippen LogP contribution in [0.1, 0.15) is 58.6 Å². The maximum atomic E-state index is 15.3. The Morgan fingerprint density at radius 3 is 2.64 bits per heavy atom. The van der Waals surface area contributed by atoms with Crippen molar-refractivity contribution in [3.8, 4) is 22.9 Å². The monoisotopic (exact) mass is 655 g/mol. The Morgan fingerprint density at radius 1 is 1.17 bits per heavy atom. The SMILES string of the molecule is COc1cc(C(=O)NC[C@@](O)(c2ccccc2)c2cc3c(c(-c4cc(Cl)ccc4F)n2)OC[C@]3(C)C(N)=O)cc2cc(C3CC3)nn12. The minimum atomic E-state index is -1.96. The van der Waals surface area contributed by atoms with E-state index >= 15 is 4.39 Å². The topological polar surface area (TPSA) is 141 Å². The summed E-state index contributed by atoms with van der Waals surface area (Å²) >= 11 is 6.25. The second-order valence-corrected chi connectivity index (χ2v) is 12.7. The van der Waals surface area contributed by atoms with Crippen LogP contribution in [0.3, 0.4) is 0 Å². The van der Waals surface area contributed by atoms with Crippen molar-refractivity contribution in [3.05, 3.63) is 112 Å². The Morgan fingerprint density at radius 2 is 1.94 bits per heavy atom. The lowest BCUT2D eigenvalue weighted by Gasteiger charge is -2.30. The molecule has 2 atom stereocenters. The summed E-state index contributed by atoms with van der Waals surface area (Å²) < 4.78 is 28.4. The summed E-state index contributed by atoms with van der Waals surface area (Å²) in [6.07, 6.45) is 2.15. The second kappa shape index (κ2) is 11.4. The summed E-state index contributed by atoms with van der Waals surface area (Å²) in [5.41, 5.74) is 5.31. The number of nitrogens with one attached hydrogen (secondary N) is 1. The van der Waals surface area contributed by atoms with E-state index < -0.39 is 28.6 Å². The minimum absolute atomic E-state index is 0.00976. The van der Waals surface area contributed by atoms with Crippen LogP contribution in [0.15, 0.2) is 72.8 Å². The molecule has 3 aromatic heterocycles. The van der Waals surface area contributed by atoms with Crippen molar-refractivity contribution in [3.63, 3.8) is 0 Å². The number of methoxy groups -OCH3 is 1. The van der Waals surface area contributed by atoms with Crippen molar-refractivity contribution in [1.82, 2.24) is 19.9 Å². The largest absolute Gasteiger partial charge is 0.489 e. The zero-order valence-electron chi connectivity index (χ0n) is 25.6. The Balaban J connectivity index is 1.33. The molecule has 0 saturated heterocycles. The molecule has 240 valence electrons. The van der Waals surface area contributed by atoms with Crippen molar-refractivity contribution in [2.45, 2.75) is 36.7 Å². The van der Waals surface area contributed by atoms with E-state index in [1.807, 2.05) is 6.07 Å². The smallest absolute Gasteiger partial charge is 0.251 e. The van der Waals surface area contributed by atoms with Gasteiger partial charge in [-0.05, 0) is 61.7 Å². The molecule has 2 aliphatic rings. The van der Waals surface area contributed by atoms with Crippen LogP contribution in [0.2, 0.25) is 5.02 Å². The number of hydrogen-bond acceptors (Lipinski definition) is 7. The summed E-state index contributed by atoms with van der Waals surface area (Å²) in [4.78, 5) is 31.2. The number of aliphatic hydroxyl groups is 1. The number of carbonyl (C=O) groups is 2. The van der Waals surface area contributed by atoms with Gasteiger partial charge in [-0.3, -0.25) is 9.59 Å². The zero-order chi connectivity index (χ0) is 33.1. The third kappa shape index (κ3) is 5.25. The fourth-order valence-corrected chi connectivity index (χ4v) is 6.14. The minimum Gasteiger partial charge on any atom is -0.489 e. The van der Waals surface area contributed by atoms with Crippen LogP contribution in [0.25, 0.3) is 16.8 Å². The summed E-state index contributed by atoms with van der Waals surface area (Å²) in [6.45, 7) is 1.16. The van der Waals surface area contributed by atoms with E-state index in [-0.39, 0.29) is 40.9 Å². The number of primary amides is 1. The Hall–Kier alpha value is -5.00. The summed E-state index contributed by atoms with van der Waals surface area (Å²) in [5, 5.41) is 20.3. The number of fused-ring (bicyclic) bond motifs is 2. The quantitative estimate of drug-likeness (QED) is 0.206. The van der Waals surface area contributed by atoms with Crippen LogP contribution < -0.4 is 20.5 Å². The third-order valence-corrected chi connectivity index (χ3v) is 9.23. The molecule has 12 heteroatoms. The average Bonchev–Trinajstić information content (AvgIpc) is 3.75. The predicted octanol–water partition coefficient (Wildman–Crippen LogP) is 4.88. The van der Waals surface area contributed by atoms with Crippen molar-refractivity contribution in [1.29, 1.82) is 0 Å². The van der Waals surface area contributed by atoms with E-state index in [1.54, 1.807) is 53.9 Å². The van der Waals surface area contributed by atoms with E-state index in [4.69, 9.17) is 31.8 Å². The molecule has 10 nitrogen and oxygen atoms in total. The number of pyridine rings is 2. The maximum Gasteiger partial charge on any atom is 0.251 e. The van der Waals surface area contributed by atoms with E-state index in [9.17, 15) is 14.7 Å². The van der Waals surface area contributed by atoms with E-state index in [0.717, 1.165) is 18.5 Å². The summed E-state index contributed by atoms with van der Waals surface area (Å²) in [5.74, 6) is -0.842. The zero-order valence-corrected chi connectivity index (χ0v) is 26.3. The number of hydrogen-bond donors (Lipinski definition) is 3. The molecule has 4 heterocycles. The molecule has 47 heavy (non-hydrogen) atoms. The van der Waals surface area contributed by atoms with Gasteiger partial charge < -0.3 is 25.6 Å². The highest BCUT2D eigenvalue weighted by molar-refractivity contribution is 6.30. The molecule has 7 rings (SSSR count). The predicted molar refractivity (Wildman–Crippen MR) is 172 cm³/mol. The van der Waals surface area contributed by atoms with Crippen LogP contribution in [0, 0.1) is 5.82 Å². The molecule has 5 aromatic rings. The molecule has 1 saturated carbocycles. The molecule has 1 fully saturated rings. The highest BCUT2D eigenvalue weighted by Crippen LogP contribution is 2.47. The lowest BCUT2D eigenvalue weighted by atomic mass is 9.80. The molecule has 4 N–H and O–H groups in total. The van der Waals surface area contributed by atoms with Gasteiger partial charge in [0.15, 0.2) is 0 Å². The fraction of sp³-hybridized carbons (Fsp3) is 0.257. The van der Waals surface area contributed by atoms with Crippen LogP contribution in [0.5, 0.6) is 11.6 Å². The first kappa shape index (κ1) is 30.6. The van der Waals surface area contributed by atoms with Gasteiger partial charge in [0.05, 0.1) is 30.6 Å². The van der Waals surface area contributed by atoms with E-state index in [2.05, 4.69) is 10.4 Å². The number of nitrogens with two attached hydrogens (primary N) is 1. The molecule has 0 spiro atoms. The number of amides is 2. The highest BCUT2D eigenvalue weighted by Gasteiger charge is 2.46. The number of rotatable bonds is 9. The number of nitrogens with zero attached hydrogens (tertiary/aromatic N) is 3. The Kier molecular flexibility index (Phi) is 7.40. The number of carbonyl (C=O) groups excluding carboxylic acids is 2. The van der Waals surface area contributed by atoms with E-state index in [0.29, 0.717) is 34.0 Å². The molecule has 0 bridgehead atoms. The number of halogens is 2. The molecular weight excluding hydrogens is 625 g/mol. The molecule has 2 aromatic carbocycles. The summed E-state index contributed by atoms with van der Waals surface area (Å²) in [6, 6.07) is 19.4. The molecule has 0 unspecified atom stereocenters. The first-order valence-electron chi connectivity index (χ1n) is 15.1. The molecule has 1 aliphatic carbocycles. The maximum absolute atomic E-state index is 15.3. The molecule has 1 aliphatic heterocycles. The highest BCUT2D eigenvalue weighted by atomic mass is 35.5. The fourth-order valence-electron chi connectivity index (χ4n) is 5.97. The number of ether oxygens (including phenoxy) is 2. The Labute approximate surface area is 274 Å². The second-order valence-electron chi connectivity index (χ2n) is 12.2. The van der Waals surface area contributed by atoms with Crippen molar-refractivity contribution in [2.75, 3.05) is 20.3 Å². The standard InChI is InChI=1S/C35H31ClFN5O5/c1-34(33(38)44)18-47-31-25(34)16-28(40-30(31)24-14-22(36)10-11-26(24)37)35(45,21-6-4-3-5-7-21)17-39-32(43)20-12-23-15-27(19-8-9-19)41-42(23)29(13-20)46-2/h3-7,10-16,19,45H,8-9,17-18H2,1-2H3,(H2,38,44)(H,39,43)/t34-,35+/m0/s1. The number of aromatic nitrogens is 3. The number of benzene rings is 2.